The molecule has 0 unspecified atom stereocenters. The average Bonchev–Trinajstić information content (AvgIpc) is 2.59. The lowest BCUT2D eigenvalue weighted by Gasteiger charge is -1.91. The zero-order chi connectivity index (χ0) is 8.55. The number of hydrogen-bond acceptors (Lipinski definition) is 4. The van der Waals surface area contributed by atoms with Gasteiger partial charge in [0.15, 0.2) is 5.71 Å². The van der Waals surface area contributed by atoms with Crippen LogP contribution in [0.2, 0.25) is 0 Å². The van der Waals surface area contributed by atoms with E-state index >= 15 is 0 Å². The number of nitrogens with zero attached hydrogens (tertiary/aromatic N) is 3. The second-order valence-corrected chi connectivity index (χ2v) is 2.13. The van der Waals surface area contributed by atoms with Crippen molar-refractivity contribution in [3.8, 4) is 5.88 Å². The van der Waals surface area contributed by atoms with Crippen molar-refractivity contribution in [2.24, 2.45) is 9.98 Å². The van der Waals surface area contributed by atoms with Gasteiger partial charge >= 0.3 is 0 Å². The first-order valence-corrected chi connectivity index (χ1v) is 3.16. The van der Waals surface area contributed by atoms with E-state index in [-0.39, 0.29) is 17.3 Å². The van der Waals surface area contributed by atoms with E-state index in [9.17, 15) is 4.79 Å². The maximum Gasteiger partial charge on any atom is 0.299 e. The van der Waals surface area contributed by atoms with E-state index in [4.69, 9.17) is 5.11 Å². The molecule has 0 saturated carbocycles. The van der Waals surface area contributed by atoms with Gasteiger partial charge in [0.25, 0.3) is 5.91 Å². The highest BCUT2D eigenvalue weighted by Gasteiger charge is 2.21. The van der Waals surface area contributed by atoms with Crippen LogP contribution in [0.3, 0.4) is 0 Å². The number of carbonyl (C=O) groups excluding carboxylic acids is 1. The Hall–Kier alpha value is -1.98. The normalized spacial score (nSPS) is 15.3. The number of amides is 1. The maximum absolute atomic E-state index is 10.9. The third kappa shape index (κ3) is 0.815. The maximum atomic E-state index is 10.9. The highest BCUT2D eigenvalue weighted by Crippen LogP contribution is 2.13. The van der Waals surface area contributed by atoms with Crippen LogP contribution >= 0.6 is 0 Å². The van der Waals surface area contributed by atoms with E-state index in [2.05, 4.69) is 20.0 Å². The molecule has 0 aliphatic carbocycles. The Morgan fingerprint density at radius 2 is 2.33 bits per heavy atom. The molecule has 12 heavy (non-hydrogen) atoms. The molecule has 6 nitrogen and oxygen atoms in total. The van der Waals surface area contributed by atoms with Gasteiger partial charge in [0.2, 0.25) is 5.88 Å². The van der Waals surface area contributed by atoms with Crippen molar-refractivity contribution >= 4 is 18.0 Å². The number of carbonyl (C=O) groups is 1. The molecule has 0 bridgehead atoms. The molecule has 0 atom stereocenters. The molecule has 2 rings (SSSR count). The van der Waals surface area contributed by atoms with E-state index in [0.29, 0.717) is 0 Å². The first-order chi connectivity index (χ1) is 5.79. The molecule has 0 fully saturated rings. The van der Waals surface area contributed by atoms with Gasteiger partial charge in [-0.2, -0.15) is 4.99 Å². The first-order valence-electron chi connectivity index (χ1n) is 3.16. The van der Waals surface area contributed by atoms with Gasteiger partial charge in [0.05, 0.1) is 6.33 Å². The van der Waals surface area contributed by atoms with E-state index in [1.807, 2.05) is 0 Å². The Morgan fingerprint density at radius 1 is 1.50 bits per heavy atom. The van der Waals surface area contributed by atoms with Gasteiger partial charge in [-0.3, -0.25) is 4.79 Å². The zero-order valence-corrected chi connectivity index (χ0v) is 5.85. The third-order valence-corrected chi connectivity index (χ3v) is 1.42. The lowest BCUT2D eigenvalue weighted by atomic mass is 10.3. The van der Waals surface area contributed by atoms with Crippen molar-refractivity contribution in [2.45, 2.75) is 0 Å². The number of nitrogens with one attached hydrogen (secondary N) is 1. The SMILES string of the molecule is O=C1N=CN=C1c1[nH]cnc1O. The van der Waals surface area contributed by atoms with Gasteiger partial charge in [-0.05, 0) is 0 Å². The summed E-state index contributed by atoms with van der Waals surface area (Å²) in [5.74, 6) is -0.720. The lowest BCUT2D eigenvalue weighted by Crippen LogP contribution is -2.09. The molecule has 1 amide bonds. The van der Waals surface area contributed by atoms with Crippen LogP contribution in [-0.4, -0.2) is 33.0 Å². The second-order valence-electron chi connectivity index (χ2n) is 2.13. The fourth-order valence-electron chi connectivity index (χ4n) is 0.888. The van der Waals surface area contributed by atoms with Gasteiger partial charge in [0.1, 0.15) is 12.0 Å². The number of aromatic hydroxyl groups is 1. The van der Waals surface area contributed by atoms with Crippen molar-refractivity contribution in [2.75, 3.05) is 0 Å². The smallest absolute Gasteiger partial charge is 0.299 e. The van der Waals surface area contributed by atoms with Gasteiger partial charge < -0.3 is 10.1 Å². The summed E-state index contributed by atoms with van der Waals surface area (Å²) in [5, 5.41) is 9.10. The van der Waals surface area contributed by atoms with E-state index in [1.54, 1.807) is 0 Å². The van der Waals surface area contributed by atoms with Crippen molar-refractivity contribution in [3.63, 3.8) is 0 Å². The Balaban J connectivity index is 2.46. The van der Waals surface area contributed by atoms with Crippen LogP contribution in [0.1, 0.15) is 5.69 Å². The highest BCUT2D eigenvalue weighted by molar-refractivity contribution is 6.49. The standard InChI is InChI=1S/C6H4N4O2/c11-5-3(7-1-9-5)4-6(12)10-2-8-4/h1-2,11H,(H,7,9). The fraction of sp³-hybridized carbons (Fsp3) is 0. The Labute approximate surface area is 66.7 Å². The molecule has 2 heterocycles. The summed E-state index contributed by atoms with van der Waals surface area (Å²) in [6, 6.07) is 0. The predicted octanol–water partition coefficient (Wildman–Crippen LogP) is -0.527. The minimum atomic E-state index is -0.477. The van der Waals surface area contributed by atoms with Gasteiger partial charge in [-0.25, -0.2) is 9.98 Å². The van der Waals surface area contributed by atoms with Gasteiger partial charge in [-0.1, -0.05) is 0 Å². The quantitative estimate of drug-likeness (QED) is 0.584. The monoisotopic (exact) mass is 164 g/mol. The topological polar surface area (TPSA) is 90.7 Å². The van der Waals surface area contributed by atoms with Crippen LogP contribution in [0.25, 0.3) is 0 Å². The van der Waals surface area contributed by atoms with Crippen molar-refractivity contribution in [1.29, 1.82) is 0 Å². The summed E-state index contributed by atoms with van der Waals surface area (Å²) >= 11 is 0. The van der Waals surface area contributed by atoms with Crippen molar-refractivity contribution in [1.82, 2.24) is 9.97 Å². The molecule has 0 aromatic carbocycles. The molecular weight excluding hydrogens is 160 g/mol. The van der Waals surface area contributed by atoms with Crippen LogP contribution < -0.4 is 0 Å². The van der Waals surface area contributed by atoms with Crippen molar-refractivity contribution in [3.05, 3.63) is 12.0 Å². The number of H-pyrrole nitrogens is 1. The predicted molar refractivity (Wildman–Crippen MR) is 40.3 cm³/mol. The fourth-order valence-corrected chi connectivity index (χ4v) is 0.888. The molecule has 0 spiro atoms. The molecule has 1 aromatic heterocycles. The molecular formula is C6H4N4O2. The highest BCUT2D eigenvalue weighted by atomic mass is 16.3. The molecule has 0 saturated heterocycles. The second kappa shape index (κ2) is 2.26. The largest absolute Gasteiger partial charge is 0.492 e. The summed E-state index contributed by atoms with van der Waals surface area (Å²) in [5.41, 5.74) is 0.294. The summed E-state index contributed by atoms with van der Waals surface area (Å²) in [6.07, 6.45) is 2.41. The van der Waals surface area contributed by atoms with Crippen LogP contribution in [0.5, 0.6) is 5.88 Å². The summed E-state index contributed by atoms with van der Waals surface area (Å²) in [7, 11) is 0. The van der Waals surface area contributed by atoms with E-state index in [1.165, 1.54) is 6.33 Å². The van der Waals surface area contributed by atoms with Crippen LogP contribution in [0, 0.1) is 0 Å². The molecule has 60 valence electrons. The van der Waals surface area contributed by atoms with E-state index < -0.39 is 5.91 Å². The van der Waals surface area contributed by atoms with Crippen LogP contribution in [0.4, 0.5) is 0 Å². The van der Waals surface area contributed by atoms with Gasteiger partial charge in [-0.15, -0.1) is 0 Å². The zero-order valence-electron chi connectivity index (χ0n) is 5.85. The minimum Gasteiger partial charge on any atom is -0.492 e. The van der Waals surface area contributed by atoms with Crippen LogP contribution in [-0.2, 0) is 4.79 Å². The average molecular weight is 164 g/mol. The Kier molecular flexibility index (Phi) is 1.26. The molecule has 1 aromatic rings. The van der Waals surface area contributed by atoms with Crippen LogP contribution in [0.15, 0.2) is 16.3 Å². The molecule has 1 aliphatic rings. The first kappa shape index (κ1) is 6.71. The number of aliphatic imine (C=N–C) groups is 2. The van der Waals surface area contributed by atoms with Crippen molar-refractivity contribution < 1.29 is 9.90 Å². The number of aromatic amines is 1. The molecule has 0 radical (unpaired) electrons. The Morgan fingerprint density at radius 3 is 2.83 bits per heavy atom. The van der Waals surface area contributed by atoms with E-state index in [0.717, 1.165) is 6.34 Å². The molecule has 1 aliphatic heterocycles. The number of hydrogen-bond donors (Lipinski definition) is 2. The number of aromatic nitrogens is 2. The molecule has 6 heteroatoms. The number of imidazole rings is 1. The third-order valence-electron chi connectivity index (χ3n) is 1.42. The minimum absolute atomic E-state index is 0.0880. The number of rotatable bonds is 1. The summed E-state index contributed by atoms with van der Waals surface area (Å²) < 4.78 is 0. The Bertz CT molecular complexity index is 390. The molecule has 2 N–H and O–H groups in total. The van der Waals surface area contributed by atoms with Gasteiger partial charge in [0, 0.05) is 0 Å². The summed E-state index contributed by atoms with van der Waals surface area (Å²) in [6.45, 7) is 0. The lowest BCUT2D eigenvalue weighted by molar-refractivity contribution is -0.111. The summed E-state index contributed by atoms with van der Waals surface area (Å²) in [4.78, 5) is 24.1.